The van der Waals surface area contributed by atoms with Gasteiger partial charge in [-0.2, -0.15) is 0 Å². The van der Waals surface area contributed by atoms with Gasteiger partial charge in [0, 0.05) is 24.8 Å². The number of ether oxygens (including phenoxy) is 1. The van der Waals surface area contributed by atoms with Gasteiger partial charge in [-0.1, -0.05) is 64.8 Å². The minimum Gasteiger partial charge on any atom is -0.359 e. The second kappa shape index (κ2) is 11.0. The van der Waals surface area contributed by atoms with Crippen LogP contribution in [-0.2, 0) is 19.1 Å². The number of rotatable bonds is 9. The first-order valence-electron chi connectivity index (χ1n) is 14.8. The number of carbonyl (C=O) groups is 3. The third-order valence-corrected chi connectivity index (χ3v) is 9.80. The zero-order valence-corrected chi connectivity index (χ0v) is 24.0. The number of hydrogen-bond donors (Lipinski definition) is 2. The minimum atomic E-state index is -1.13. The zero-order chi connectivity index (χ0) is 27.9. The molecule has 2 saturated heterocycles. The molecule has 5 rings (SSSR count). The number of anilines is 1. The maximum absolute atomic E-state index is 14.1. The molecule has 1 aromatic rings. The third kappa shape index (κ3) is 4.91. The van der Waals surface area contributed by atoms with E-state index < -0.39 is 29.6 Å². The van der Waals surface area contributed by atoms with Crippen LogP contribution in [-0.4, -0.2) is 77.5 Å². The van der Waals surface area contributed by atoms with Crippen LogP contribution in [0.25, 0.3) is 0 Å². The molecule has 1 aromatic carbocycles. The fraction of sp³-hybridized carbons (Fsp3) is 0.645. The molecule has 3 heterocycles. The van der Waals surface area contributed by atoms with Crippen LogP contribution in [0, 0.1) is 30.6 Å². The highest BCUT2D eigenvalue weighted by molar-refractivity contribution is 6.02. The lowest BCUT2D eigenvalue weighted by Gasteiger charge is -2.38. The molecule has 0 unspecified atom stereocenters. The van der Waals surface area contributed by atoms with E-state index in [0.717, 1.165) is 31.5 Å². The van der Waals surface area contributed by atoms with Crippen molar-refractivity contribution in [2.24, 2.45) is 23.7 Å². The predicted molar refractivity (Wildman–Crippen MR) is 151 cm³/mol. The fourth-order valence-electron chi connectivity index (χ4n) is 7.29. The van der Waals surface area contributed by atoms with E-state index in [1.807, 2.05) is 43.3 Å². The third-order valence-electron chi connectivity index (χ3n) is 9.80. The van der Waals surface area contributed by atoms with E-state index in [1.54, 1.807) is 4.90 Å². The van der Waals surface area contributed by atoms with Crippen molar-refractivity contribution in [3.8, 4) is 0 Å². The number of nitrogens with zero attached hydrogens (tertiary/aromatic N) is 2. The fourth-order valence-corrected chi connectivity index (χ4v) is 7.29. The van der Waals surface area contributed by atoms with Crippen LogP contribution in [0.4, 0.5) is 5.69 Å². The number of nitrogens with one attached hydrogen (secondary N) is 2. The molecule has 3 fully saturated rings. The summed E-state index contributed by atoms with van der Waals surface area (Å²) in [5.41, 5.74) is 0.600. The lowest BCUT2D eigenvalue weighted by Crippen LogP contribution is -2.58. The monoisotopic (exact) mass is 536 g/mol. The number of aryl methyl sites for hydroxylation is 1. The van der Waals surface area contributed by atoms with Gasteiger partial charge in [-0.3, -0.25) is 14.4 Å². The Morgan fingerprint density at radius 1 is 1.15 bits per heavy atom. The summed E-state index contributed by atoms with van der Waals surface area (Å²) in [5, 5.41) is 6.34. The Bertz CT molecular complexity index is 1130. The molecule has 8 heteroatoms. The molecule has 0 aromatic heterocycles. The maximum Gasteiger partial charge on any atom is 0.246 e. The molecule has 212 valence electrons. The molecule has 3 amide bonds. The first kappa shape index (κ1) is 27.8. The average molecular weight is 537 g/mol. The van der Waals surface area contributed by atoms with Gasteiger partial charge < -0.3 is 25.2 Å². The molecule has 39 heavy (non-hydrogen) atoms. The van der Waals surface area contributed by atoms with Crippen LogP contribution < -0.4 is 10.6 Å². The maximum atomic E-state index is 14.1. The molecule has 8 nitrogen and oxygen atoms in total. The Hall–Kier alpha value is -2.71. The molecule has 4 aliphatic rings. The van der Waals surface area contributed by atoms with Gasteiger partial charge in [0.15, 0.2) is 0 Å². The van der Waals surface area contributed by atoms with Crippen molar-refractivity contribution < 1.29 is 19.1 Å². The van der Waals surface area contributed by atoms with Crippen molar-refractivity contribution in [2.45, 2.75) is 77.7 Å². The summed E-state index contributed by atoms with van der Waals surface area (Å²) in [6.45, 7) is 13.4. The molecular formula is C31H44N4O4. The van der Waals surface area contributed by atoms with Crippen LogP contribution in [0.2, 0.25) is 0 Å². The highest BCUT2D eigenvalue weighted by atomic mass is 16.5. The summed E-state index contributed by atoms with van der Waals surface area (Å²) in [6, 6.07) is 6.90. The summed E-state index contributed by atoms with van der Waals surface area (Å²) in [7, 11) is 0. The topological polar surface area (TPSA) is 91.0 Å². The van der Waals surface area contributed by atoms with E-state index >= 15 is 0 Å². The molecule has 1 spiro atoms. The zero-order valence-electron chi connectivity index (χ0n) is 24.0. The number of benzene rings is 1. The lowest BCUT2D eigenvalue weighted by atomic mass is 9.73. The predicted octanol–water partition coefficient (Wildman–Crippen LogP) is 3.37. The second-order valence-electron chi connectivity index (χ2n) is 12.0. The number of hydrogen-bond acceptors (Lipinski definition) is 5. The number of fused-ring (bicyclic) bond motifs is 1. The SMILES string of the molecule is CCN(CC)CCN1C(=O)[C@@H]2[C@H](C(=O)Nc3cccc(C)c3)[C@@H]3C=C[C@@]2(O3)[C@@H]1C(=O)N[C@@H]1CCC[C@@H](C)[C@H]1C. The summed E-state index contributed by atoms with van der Waals surface area (Å²) in [6.07, 6.45) is 6.43. The van der Waals surface area contributed by atoms with Gasteiger partial charge in [0.25, 0.3) is 0 Å². The van der Waals surface area contributed by atoms with E-state index in [4.69, 9.17) is 4.74 Å². The Labute approximate surface area is 232 Å². The Kier molecular flexibility index (Phi) is 7.89. The number of carbonyl (C=O) groups excluding carboxylic acids is 3. The summed E-state index contributed by atoms with van der Waals surface area (Å²) in [4.78, 5) is 45.8. The van der Waals surface area contributed by atoms with Crippen LogP contribution >= 0.6 is 0 Å². The van der Waals surface area contributed by atoms with Crippen molar-refractivity contribution in [1.29, 1.82) is 0 Å². The molecule has 2 N–H and O–H groups in total. The van der Waals surface area contributed by atoms with Gasteiger partial charge in [-0.25, -0.2) is 0 Å². The first-order valence-corrected chi connectivity index (χ1v) is 14.8. The van der Waals surface area contributed by atoms with Crippen molar-refractivity contribution >= 4 is 23.4 Å². The van der Waals surface area contributed by atoms with Crippen LogP contribution in [0.3, 0.4) is 0 Å². The van der Waals surface area contributed by atoms with Crippen molar-refractivity contribution in [1.82, 2.24) is 15.1 Å². The summed E-state index contributed by atoms with van der Waals surface area (Å²) >= 11 is 0. The summed E-state index contributed by atoms with van der Waals surface area (Å²) < 4.78 is 6.50. The molecule has 8 atom stereocenters. The second-order valence-corrected chi connectivity index (χ2v) is 12.0. The van der Waals surface area contributed by atoms with E-state index in [9.17, 15) is 14.4 Å². The van der Waals surface area contributed by atoms with E-state index in [-0.39, 0.29) is 23.8 Å². The van der Waals surface area contributed by atoms with Gasteiger partial charge in [-0.15, -0.1) is 0 Å². The first-order chi connectivity index (χ1) is 18.7. The molecule has 3 aliphatic heterocycles. The number of amides is 3. The van der Waals surface area contributed by atoms with Gasteiger partial charge in [0.05, 0.1) is 17.9 Å². The lowest BCUT2D eigenvalue weighted by molar-refractivity contribution is -0.141. The molecule has 2 bridgehead atoms. The standard InChI is InChI=1S/C31H44N4O4/c1-6-34(7-2)16-17-35-27(29(37)33-23-13-9-11-20(4)21(23)5)31-15-14-24(39-31)25(26(31)30(35)38)28(36)32-22-12-8-10-19(3)18-22/h8,10,12,14-15,18,20-21,23-27H,6-7,9,11,13,16-17H2,1-5H3,(H,32,36)(H,33,37)/t20-,21-,23-,24+,25-,26+,27+,31+/m1/s1. The molecule has 1 saturated carbocycles. The Morgan fingerprint density at radius 2 is 1.92 bits per heavy atom. The van der Waals surface area contributed by atoms with E-state index in [0.29, 0.717) is 30.6 Å². The van der Waals surface area contributed by atoms with Gasteiger partial charge in [0.1, 0.15) is 11.6 Å². The van der Waals surface area contributed by atoms with E-state index in [1.165, 1.54) is 6.42 Å². The van der Waals surface area contributed by atoms with Crippen LogP contribution in [0.15, 0.2) is 36.4 Å². The van der Waals surface area contributed by atoms with Crippen LogP contribution in [0.5, 0.6) is 0 Å². The number of likely N-dealkylation sites (N-methyl/N-ethyl adjacent to an activating group) is 1. The van der Waals surface area contributed by atoms with Gasteiger partial charge in [-0.05, 0) is 56.0 Å². The van der Waals surface area contributed by atoms with Gasteiger partial charge >= 0.3 is 0 Å². The minimum absolute atomic E-state index is 0.0689. The molecule has 0 radical (unpaired) electrons. The highest BCUT2D eigenvalue weighted by Crippen LogP contribution is 2.55. The van der Waals surface area contributed by atoms with Crippen LogP contribution in [0.1, 0.15) is 52.5 Å². The number of likely N-dealkylation sites (tertiary alicyclic amines) is 1. The highest BCUT2D eigenvalue weighted by Gasteiger charge is 2.72. The Balaban J connectivity index is 1.43. The molecular weight excluding hydrogens is 492 g/mol. The Morgan fingerprint density at radius 3 is 2.64 bits per heavy atom. The largest absolute Gasteiger partial charge is 0.359 e. The average Bonchev–Trinajstić information content (AvgIpc) is 3.55. The smallest absolute Gasteiger partial charge is 0.246 e. The van der Waals surface area contributed by atoms with Crippen molar-refractivity contribution in [3.05, 3.63) is 42.0 Å². The van der Waals surface area contributed by atoms with Crippen molar-refractivity contribution in [2.75, 3.05) is 31.5 Å². The van der Waals surface area contributed by atoms with Gasteiger partial charge in [0.2, 0.25) is 17.7 Å². The summed E-state index contributed by atoms with van der Waals surface area (Å²) in [5.74, 6) is -1.09. The van der Waals surface area contributed by atoms with Crippen molar-refractivity contribution in [3.63, 3.8) is 0 Å². The van der Waals surface area contributed by atoms with E-state index in [2.05, 4.69) is 43.2 Å². The molecule has 1 aliphatic carbocycles. The quantitative estimate of drug-likeness (QED) is 0.473. The normalized spacial score (nSPS) is 35.0.